The molecule has 1 saturated heterocycles. The number of nitrogens with one attached hydrogen (secondary N) is 1. The molecule has 230 valence electrons. The van der Waals surface area contributed by atoms with E-state index in [1.54, 1.807) is 0 Å². The molecule has 0 bridgehead atoms. The van der Waals surface area contributed by atoms with Crippen LogP contribution >= 0.6 is 0 Å². The van der Waals surface area contributed by atoms with Crippen LogP contribution < -0.4 is 15.8 Å². The number of nitrogens with zero attached hydrogens (tertiary/aromatic N) is 5. The minimum atomic E-state index is -5.54. The Morgan fingerprint density at radius 3 is 2.36 bits per heavy atom. The highest BCUT2D eigenvalue weighted by Gasteiger charge is 2.56. The van der Waals surface area contributed by atoms with Crippen LogP contribution in [0.5, 0.6) is 5.88 Å². The fourth-order valence-corrected chi connectivity index (χ4v) is 4.64. The lowest BCUT2D eigenvalue weighted by Gasteiger charge is -2.25. The summed E-state index contributed by atoms with van der Waals surface area (Å²) >= 11 is 0. The zero-order valence-corrected chi connectivity index (χ0v) is 21.3. The highest BCUT2D eigenvalue weighted by molar-refractivity contribution is 5.98. The van der Waals surface area contributed by atoms with E-state index in [1.165, 1.54) is 0 Å². The van der Waals surface area contributed by atoms with Crippen LogP contribution in [-0.4, -0.2) is 81.7 Å². The Balaban J connectivity index is 1.56. The Bertz CT molecular complexity index is 1440. The summed E-state index contributed by atoms with van der Waals surface area (Å²) in [6.45, 7) is -1.69. The van der Waals surface area contributed by atoms with Gasteiger partial charge in [-0.3, -0.25) is 9.69 Å². The molecular weight excluding hydrogens is 596 g/mol. The number of hydrogen-bond donors (Lipinski definition) is 2. The Hall–Kier alpha value is -3.90. The number of carbonyl (C=O) groups is 1. The van der Waals surface area contributed by atoms with Gasteiger partial charge in [-0.25, -0.2) is 18.9 Å². The molecule has 1 fully saturated rings. The molecule has 1 amide bonds. The van der Waals surface area contributed by atoms with Gasteiger partial charge in [-0.1, -0.05) is 0 Å². The summed E-state index contributed by atoms with van der Waals surface area (Å²) in [4.78, 5) is 21.6. The number of aromatic nitrogens is 4. The summed E-state index contributed by atoms with van der Waals surface area (Å²) in [5.74, 6) is -5.38. The van der Waals surface area contributed by atoms with Crippen molar-refractivity contribution in [1.82, 2.24) is 29.8 Å². The van der Waals surface area contributed by atoms with E-state index in [-0.39, 0.29) is 22.7 Å². The zero-order chi connectivity index (χ0) is 31.2. The van der Waals surface area contributed by atoms with Crippen LogP contribution in [0.25, 0.3) is 16.8 Å². The van der Waals surface area contributed by atoms with E-state index in [1.807, 2.05) is 0 Å². The topological polar surface area (TPSA) is 111 Å². The van der Waals surface area contributed by atoms with Crippen LogP contribution in [0.4, 0.5) is 49.7 Å². The van der Waals surface area contributed by atoms with Gasteiger partial charge in [0.05, 0.1) is 24.4 Å². The highest BCUT2D eigenvalue weighted by Crippen LogP contribution is 2.42. The molecule has 0 aliphatic carbocycles. The molecule has 0 saturated carbocycles. The van der Waals surface area contributed by atoms with Gasteiger partial charge >= 0.3 is 18.5 Å². The van der Waals surface area contributed by atoms with Crippen molar-refractivity contribution in [2.75, 3.05) is 32.5 Å². The average Bonchev–Trinajstić information content (AvgIpc) is 3.43. The SMILES string of the molecule is COc1ncc(-c2cc(C(F)(F)F)c3c(N)ncnn23)cc1C(=O)NC1CN(CCC(C(F)(F)F)C(F)(F)F)CC1F. The van der Waals surface area contributed by atoms with Gasteiger partial charge in [-0.15, -0.1) is 0 Å². The van der Waals surface area contributed by atoms with Gasteiger partial charge in [0.15, 0.2) is 11.7 Å². The van der Waals surface area contributed by atoms with E-state index in [9.17, 15) is 48.7 Å². The van der Waals surface area contributed by atoms with Crippen molar-refractivity contribution in [3.05, 3.63) is 35.8 Å². The summed E-state index contributed by atoms with van der Waals surface area (Å²) in [6.07, 6.45) is -17.2. The molecule has 2 unspecified atom stereocenters. The third-order valence-corrected chi connectivity index (χ3v) is 6.64. The molecule has 4 heterocycles. The summed E-state index contributed by atoms with van der Waals surface area (Å²) in [6, 6.07) is 0.478. The number of methoxy groups -OCH3 is 1. The Morgan fingerprint density at radius 2 is 1.76 bits per heavy atom. The summed E-state index contributed by atoms with van der Waals surface area (Å²) in [5.41, 5.74) is 3.34. The van der Waals surface area contributed by atoms with Gasteiger partial charge in [0, 0.05) is 24.8 Å². The number of anilines is 1. The van der Waals surface area contributed by atoms with E-state index >= 15 is 0 Å². The number of ether oxygens (including phenoxy) is 1. The van der Waals surface area contributed by atoms with Crippen LogP contribution in [0.15, 0.2) is 24.7 Å². The predicted octanol–water partition coefficient (Wildman–Crippen LogP) is 4.28. The van der Waals surface area contributed by atoms with Crippen LogP contribution in [0.1, 0.15) is 22.3 Å². The first kappa shape index (κ1) is 31.0. The second-order valence-corrected chi connectivity index (χ2v) is 9.41. The number of halogens is 10. The number of alkyl halides is 10. The first-order valence-corrected chi connectivity index (χ1v) is 12.0. The normalized spacial score (nSPS) is 18.7. The number of carbonyl (C=O) groups excluding carboxylic acids is 1. The monoisotopic (exact) mass is 617 g/mol. The van der Waals surface area contributed by atoms with Crippen molar-refractivity contribution in [2.24, 2.45) is 5.92 Å². The largest absolute Gasteiger partial charge is 0.480 e. The van der Waals surface area contributed by atoms with E-state index < -0.39 is 85.5 Å². The molecule has 0 radical (unpaired) electrons. The fourth-order valence-electron chi connectivity index (χ4n) is 4.64. The highest BCUT2D eigenvalue weighted by atomic mass is 19.4. The predicted molar refractivity (Wildman–Crippen MR) is 125 cm³/mol. The van der Waals surface area contributed by atoms with E-state index in [0.717, 1.165) is 35.1 Å². The molecule has 42 heavy (non-hydrogen) atoms. The van der Waals surface area contributed by atoms with Gasteiger partial charge in [0.1, 0.15) is 23.6 Å². The fraction of sp³-hybridized carbons (Fsp3) is 0.478. The molecule has 0 aromatic carbocycles. The summed E-state index contributed by atoms with van der Waals surface area (Å²) < 4.78 is 139. The molecule has 9 nitrogen and oxygen atoms in total. The van der Waals surface area contributed by atoms with Crippen LogP contribution in [-0.2, 0) is 6.18 Å². The first-order chi connectivity index (χ1) is 19.4. The minimum absolute atomic E-state index is 0.0558. The molecule has 3 aromatic heterocycles. The Kier molecular flexibility index (Phi) is 8.18. The van der Waals surface area contributed by atoms with E-state index in [2.05, 4.69) is 20.4 Å². The molecule has 1 aliphatic rings. The maximum Gasteiger partial charge on any atom is 0.418 e. The number of nitrogens with two attached hydrogens (primary N) is 1. The van der Waals surface area contributed by atoms with Crippen LogP contribution in [0.2, 0.25) is 0 Å². The van der Waals surface area contributed by atoms with Crippen molar-refractivity contribution in [2.45, 2.75) is 37.2 Å². The van der Waals surface area contributed by atoms with Gasteiger partial charge in [-0.05, 0) is 25.1 Å². The molecule has 2 atom stereocenters. The lowest BCUT2D eigenvalue weighted by atomic mass is 10.0. The maximum absolute atomic E-state index is 14.7. The molecule has 4 rings (SSSR count). The third kappa shape index (κ3) is 6.29. The molecule has 19 heteroatoms. The van der Waals surface area contributed by atoms with Gasteiger partial charge in [-0.2, -0.15) is 44.6 Å². The Labute approximate surface area is 229 Å². The number of likely N-dealkylation sites (tertiary alicyclic amines) is 1. The second kappa shape index (κ2) is 11.1. The Morgan fingerprint density at radius 1 is 1.10 bits per heavy atom. The van der Waals surface area contributed by atoms with E-state index in [0.29, 0.717) is 6.07 Å². The number of pyridine rings is 1. The smallest absolute Gasteiger partial charge is 0.418 e. The number of amides is 1. The molecule has 3 aromatic rings. The second-order valence-electron chi connectivity index (χ2n) is 9.41. The summed E-state index contributed by atoms with van der Waals surface area (Å²) in [7, 11) is 1.13. The number of hydrogen-bond acceptors (Lipinski definition) is 7. The van der Waals surface area contributed by atoms with Gasteiger partial charge < -0.3 is 15.8 Å². The van der Waals surface area contributed by atoms with Gasteiger partial charge in [0.25, 0.3) is 5.91 Å². The molecule has 1 aliphatic heterocycles. The van der Waals surface area contributed by atoms with Crippen molar-refractivity contribution in [1.29, 1.82) is 0 Å². The molecule has 0 spiro atoms. The standard InChI is InChI=1S/C23H21F10N7O2/c1-42-20-11(4-10(6-35-20)15-5-12(21(25,26)27)17-18(34)36-9-37-40(15)17)19(41)38-14-8-39(7-13(14)24)3-2-16(22(28,29)30)23(31,32)33/h4-6,9,13-14,16H,2-3,7-8H2,1H3,(H,38,41)(H2,34,36,37). The van der Waals surface area contributed by atoms with Crippen molar-refractivity contribution in [3.8, 4) is 17.1 Å². The van der Waals surface area contributed by atoms with Crippen LogP contribution in [0, 0.1) is 5.92 Å². The summed E-state index contributed by atoms with van der Waals surface area (Å²) in [5, 5.41) is 6.10. The minimum Gasteiger partial charge on any atom is -0.480 e. The number of nitrogen functional groups attached to an aromatic ring is 1. The maximum atomic E-state index is 14.7. The lowest BCUT2D eigenvalue weighted by Crippen LogP contribution is -2.42. The van der Waals surface area contributed by atoms with E-state index in [4.69, 9.17) is 10.5 Å². The van der Waals surface area contributed by atoms with Gasteiger partial charge in [0.2, 0.25) is 5.88 Å². The van der Waals surface area contributed by atoms with Crippen LogP contribution in [0.3, 0.4) is 0 Å². The first-order valence-electron chi connectivity index (χ1n) is 12.0. The number of fused-ring (bicyclic) bond motifs is 1. The zero-order valence-electron chi connectivity index (χ0n) is 21.3. The van der Waals surface area contributed by atoms with Crippen molar-refractivity contribution in [3.63, 3.8) is 0 Å². The van der Waals surface area contributed by atoms with Crippen molar-refractivity contribution < 1.29 is 53.4 Å². The molecule has 3 N–H and O–H groups in total. The number of rotatable bonds is 7. The van der Waals surface area contributed by atoms with Crippen molar-refractivity contribution >= 4 is 17.2 Å². The average molecular weight is 617 g/mol. The quantitative estimate of drug-likeness (QED) is 0.381. The molecular formula is C23H21F10N7O2. The third-order valence-electron chi connectivity index (χ3n) is 6.64. The lowest BCUT2D eigenvalue weighted by molar-refractivity contribution is -0.286.